The Balaban J connectivity index is 0.00000110. The Hall–Kier alpha value is -1.53. The second-order valence-corrected chi connectivity index (χ2v) is 6.96. The number of benzene rings is 3. The van der Waals surface area contributed by atoms with Gasteiger partial charge in [0.05, 0.1) is 0 Å². The van der Waals surface area contributed by atoms with Crippen LogP contribution in [-0.2, 0) is 0 Å². The zero-order valence-electron chi connectivity index (χ0n) is 12.7. The quantitative estimate of drug-likeness (QED) is 0.436. The van der Waals surface area contributed by atoms with Crippen LogP contribution in [0.5, 0.6) is 0 Å². The Morgan fingerprint density at radius 2 is 0.700 bits per heavy atom. The molecule has 0 nitrogen and oxygen atoms in total. The molecule has 1 radical (unpaired) electrons. The summed E-state index contributed by atoms with van der Waals surface area (Å²) >= 11 is 0. The van der Waals surface area contributed by atoms with Crippen LogP contribution >= 0.6 is 0 Å². The molecule has 0 spiro atoms. The fourth-order valence-electron chi connectivity index (χ4n) is 2.31. The zero-order chi connectivity index (χ0) is 12.9. The first kappa shape index (κ1) is 14.9. The topological polar surface area (TPSA) is 0 Å². The zero-order valence-corrected chi connectivity index (χ0v) is 12.7. The Kier molecular flexibility index (Phi) is 5.44. The first-order chi connectivity index (χ1) is 9.45. The molecule has 3 aromatic carbocycles. The molecular formula is C18H16LiSi. The van der Waals surface area contributed by atoms with E-state index >= 15 is 0 Å². The third-order valence-electron chi connectivity index (χ3n) is 3.19. The molecule has 0 aliphatic heterocycles. The van der Waals surface area contributed by atoms with Crippen molar-refractivity contribution >= 4 is 24.4 Å². The Morgan fingerprint density at radius 1 is 0.450 bits per heavy atom. The summed E-state index contributed by atoms with van der Waals surface area (Å²) in [7, 11) is -0.877. The van der Waals surface area contributed by atoms with Crippen LogP contribution in [0, 0.1) is 0 Å². The third kappa shape index (κ3) is 3.32. The van der Waals surface area contributed by atoms with Gasteiger partial charge in [-0.15, -0.1) is 0 Å². The van der Waals surface area contributed by atoms with E-state index in [1.54, 1.807) is 0 Å². The van der Waals surface area contributed by atoms with Crippen molar-refractivity contribution in [2.24, 2.45) is 0 Å². The minimum atomic E-state index is -0.877. The second-order valence-electron chi connectivity index (χ2n) is 4.47. The van der Waals surface area contributed by atoms with Gasteiger partial charge in [-0.3, -0.25) is 0 Å². The molecule has 3 rings (SSSR count). The van der Waals surface area contributed by atoms with E-state index in [0.29, 0.717) is 0 Å². The van der Waals surface area contributed by atoms with Crippen molar-refractivity contribution in [2.45, 2.75) is 0 Å². The molecule has 20 heavy (non-hydrogen) atoms. The average Bonchev–Trinajstić information content (AvgIpc) is 2.51. The van der Waals surface area contributed by atoms with Crippen LogP contribution in [0.1, 0.15) is 1.43 Å². The monoisotopic (exact) mass is 267 g/mol. The van der Waals surface area contributed by atoms with Crippen molar-refractivity contribution in [3.63, 3.8) is 0 Å². The minimum absolute atomic E-state index is 0. The summed E-state index contributed by atoms with van der Waals surface area (Å²) in [6, 6.07) is 32.5. The van der Waals surface area contributed by atoms with Gasteiger partial charge in [-0.1, -0.05) is 107 Å². The maximum absolute atomic E-state index is 2.24. The molecular weight excluding hydrogens is 251 g/mol. The van der Waals surface area contributed by atoms with Crippen molar-refractivity contribution in [3.05, 3.63) is 91.0 Å². The molecule has 0 aliphatic rings. The number of hydrogen-bond acceptors (Lipinski definition) is 0. The molecule has 0 aromatic heterocycles. The van der Waals surface area contributed by atoms with Crippen LogP contribution in [-0.4, -0.2) is 8.80 Å². The van der Waals surface area contributed by atoms with Crippen LogP contribution in [0.2, 0.25) is 0 Å². The Bertz CT molecular complexity index is 535. The molecule has 0 fully saturated rings. The summed E-state index contributed by atoms with van der Waals surface area (Å²) in [5.41, 5.74) is 0. The van der Waals surface area contributed by atoms with Crippen LogP contribution < -0.4 is 34.4 Å². The third-order valence-corrected chi connectivity index (χ3v) is 5.92. The van der Waals surface area contributed by atoms with Crippen molar-refractivity contribution in [3.8, 4) is 0 Å². The SMILES string of the molecule is [H-].[Li+].c1ccc([Si](c2ccccc2)c2ccccc2)cc1. The molecule has 3 aromatic rings. The summed E-state index contributed by atoms with van der Waals surface area (Å²) in [4.78, 5) is 0. The molecule has 0 bridgehead atoms. The van der Waals surface area contributed by atoms with Gasteiger partial charge in [0.2, 0.25) is 0 Å². The Morgan fingerprint density at radius 3 is 0.950 bits per heavy atom. The molecule has 93 valence electrons. The van der Waals surface area contributed by atoms with E-state index in [1.165, 1.54) is 15.6 Å². The van der Waals surface area contributed by atoms with E-state index in [-0.39, 0.29) is 20.3 Å². The average molecular weight is 267 g/mol. The second kappa shape index (κ2) is 7.31. The van der Waals surface area contributed by atoms with E-state index in [0.717, 1.165) is 0 Å². The predicted molar refractivity (Wildman–Crippen MR) is 85.1 cm³/mol. The van der Waals surface area contributed by atoms with Crippen molar-refractivity contribution in [1.29, 1.82) is 0 Å². The van der Waals surface area contributed by atoms with Gasteiger partial charge >= 0.3 is 18.9 Å². The maximum atomic E-state index is 2.24. The molecule has 0 heterocycles. The van der Waals surface area contributed by atoms with Gasteiger partial charge in [0.15, 0.2) is 8.80 Å². The number of hydrogen-bond donors (Lipinski definition) is 0. The molecule has 0 aliphatic carbocycles. The van der Waals surface area contributed by atoms with Gasteiger partial charge in [0, 0.05) is 0 Å². The van der Waals surface area contributed by atoms with Gasteiger partial charge in [0.25, 0.3) is 0 Å². The molecule has 0 saturated heterocycles. The van der Waals surface area contributed by atoms with Crippen LogP contribution in [0.15, 0.2) is 91.0 Å². The van der Waals surface area contributed by atoms with Gasteiger partial charge in [-0.05, 0) is 0 Å². The largest absolute Gasteiger partial charge is 1.00 e. The molecule has 0 unspecified atom stereocenters. The standard InChI is InChI=1S/C18H15Si.Li.H/c1-4-10-16(11-5-1)19(17-12-6-2-7-13-17)18-14-8-3-9-15-18;;/h1-15H;;/q;+1;-1. The van der Waals surface area contributed by atoms with Crippen LogP contribution in [0.25, 0.3) is 0 Å². The molecule has 0 atom stereocenters. The van der Waals surface area contributed by atoms with Gasteiger partial charge in [-0.25, -0.2) is 0 Å². The Labute approximate surface area is 135 Å². The molecule has 0 N–H and O–H groups in total. The molecule has 2 heteroatoms. The smallest absolute Gasteiger partial charge is 1.00 e. The van der Waals surface area contributed by atoms with E-state index in [1.807, 2.05) is 0 Å². The summed E-state index contributed by atoms with van der Waals surface area (Å²) in [5, 5.41) is 4.31. The van der Waals surface area contributed by atoms with Crippen molar-refractivity contribution < 1.29 is 20.3 Å². The maximum Gasteiger partial charge on any atom is 1.00 e. The first-order valence-electron chi connectivity index (χ1n) is 6.48. The van der Waals surface area contributed by atoms with Crippen LogP contribution in [0.3, 0.4) is 0 Å². The van der Waals surface area contributed by atoms with E-state index < -0.39 is 8.80 Å². The van der Waals surface area contributed by atoms with Crippen molar-refractivity contribution in [1.82, 2.24) is 0 Å². The fourth-order valence-corrected chi connectivity index (χ4v) is 4.89. The van der Waals surface area contributed by atoms with E-state index in [9.17, 15) is 0 Å². The minimum Gasteiger partial charge on any atom is -1.00 e. The number of rotatable bonds is 3. The van der Waals surface area contributed by atoms with Gasteiger partial charge < -0.3 is 1.43 Å². The van der Waals surface area contributed by atoms with Crippen LogP contribution in [0.4, 0.5) is 0 Å². The predicted octanol–water partition coefficient (Wildman–Crippen LogP) is -0.681. The fraction of sp³-hybridized carbons (Fsp3) is 0. The van der Waals surface area contributed by atoms with Gasteiger partial charge in [-0.2, -0.15) is 0 Å². The normalized spacial score (nSPS) is 10.1. The van der Waals surface area contributed by atoms with Gasteiger partial charge in [0.1, 0.15) is 0 Å². The van der Waals surface area contributed by atoms with Crippen molar-refractivity contribution in [2.75, 3.05) is 0 Å². The summed E-state index contributed by atoms with van der Waals surface area (Å²) in [6.07, 6.45) is 0. The summed E-state index contributed by atoms with van der Waals surface area (Å²) in [5.74, 6) is 0. The summed E-state index contributed by atoms with van der Waals surface area (Å²) < 4.78 is 0. The van der Waals surface area contributed by atoms with E-state index in [2.05, 4.69) is 91.0 Å². The first-order valence-corrected chi connectivity index (χ1v) is 7.98. The molecule has 0 amide bonds. The summed E-state index contributed by atoms with van der Waals surface area (Å²) in [6.45, 7) is 0. The molecule has 0 saturated carbocycles. The van der Waals surface area contributed by atoms with E-state index in [4.69, 9.17) is 0 Å².